The molecule has 0 aliphatic heterocycles. The van der Waals surface area contributed by atoms with E-state index in [4.69, 9.17) is 0 Å². The molecule has 0 amide bonds. The van der Waals surface area contributed by atoms with E-state index in [-0.39, 0.29) is 24.5 Å². The molecular weight excluding hydrogens is 483 g/mol. The number of aromatic nitrogens is 4. The van der Waals surface area contributed by atoms with Crippen molar-refractivity contribution in [1.82, 2.24) is 19.9 Å². The fraction of sp³-hybridized carbons (Fsp3) is 0.435. The summed E-state index contributed by atoms with van der Waals surface area (Å²) >= 11 is 1.21. The number of aliphatic hydroxyl groups is 1. The van der Waals surface area contributed by atoms with Crippen LogP contribution < -0.4 is 5.32 Å². The number of carbonyl (C=O) groups is 1. The third-order valence-electron chi connectivity index (χ3n) is 6.16. The molecule has 1 aliphatic rings. The van der Waals surface area contributed by atoms with E-state index in [1.165, 1.54) is 17.5 Å². The van der Waals surface area contributed by atoms with Crippen LogP contribution in [0, 0.1) is 18.3 Å². The molecule has 1 saturated carbocycles. The maximum absolute atomic E-state index is 13.0. The highest BCUT2D eigenvalue weighted by molar-refractivity contribution is 7.15. The van der Waals surface area contributed by atoms with E-state index in [0.717, 1.165) is 18.3 Å². The van der Waals surface area contributed by atoms with Crippen molar-refractivity contribution in [2.45, 2.75) is 51.8 Å². The largest absolute Gasteiger partial charge is 0.481 e. The average molecular weight is 508 g/mol. The van der Waals surface area contributed by atoms with Gasteiger partial charge in [-0.15, -0.1) is 11.3 Å². The Morgan fingerprint density at radius 3 is 2.60 bits per heavy atom. The summed E-state index contributed by atoms with van der Waals surface area (Å²) in [7, 11) is 0. The van der Waals surface area contributed by atoms with Crippen LogP contribution in [0.1, 0.15) is 49.4 Å². The lowest BCUT2D eigenvalue weighted by Crippen LogP contribution is -2.44. The van der Waals surface area contributed by atoms with E-state index in [0.29, 0.717) is 27.8 Å². The second kappa shape index (κ2) is 8.83. The number of rotatable bonds is 5. The van der Waals surface area contributed by atoms with E-state index < -0.39 is 34.6 Å². The Kier molecular flexibility index (Phi) is 6.30. The van der Waals surface area contributed by atoms with Crippen molar-refractivity contribution in [2.75, 3.05) is 5.32 Å². The fourth-order valence-electron chi connectivity index (χ4n) is 4.52. The minimum absolute atomic E-state index is 0.0133. The number of aliphatic carboxylic acids is 1. The topological polar surface area (TPSA) is 121 Å². The van der Waals surface area contributed by atoms with Gasteiger partial charge in [-0.3, -0.25) is 4.79 Å². The molecule has 0 saturated heterocycles. The summed E-state index contributed by atoms with van der Waals surface area (Å²) in [4.78, 5) is 29.3. The molecule has 3 heterocycles. The Labute approximate surface area is 203 Å². The highest BCUT2D eigenvalue weighted by Crippen LogP contribution is 2.50. The van der Waals surface area contributed by atoms with Crippen LogP contribution in [0.3, 0.4) is 0 Å². The number of hydrogen-bond acceptors (Lipinski definition) is 8. The van der Waals surface area contributed by atoms with E-state index >= 15 is 0 Å². The first-order chi connectivity index (χ1) is 16.3. The van der Waals surface area contributed by atoms with Crippen LogP contribution in [0.25, 0.3) is 10.7 Å². The molecule has 3 aromatic rings. The van der Waals surface area contributed by atoms with Crippen LogP contribution in [-0.2, 0) is 16.6 Å². The van der Waals surface area contributed by atoms with Gasteiger partial charge in [0.25, 0.3) is 0 Å². The molecule has 1 aliphatic carbocycles. The number of pyridine rings is 1. The first kappa shape index (κ1) is 25.0. The normalized spacial score (nSPS) is 22.1. The molecule has 0 bridgehead atoms. The maximum atomic E-state index is 13.0. The summed E-state index contributed by atoms with van der Waals surface area (Å²) in [5.41, 5.74) is -2.16. The van der Waals surface area contributed by atoms with Crippen molar-refractivity contribution in [1.29, 1.82) is 0 Å². The van der Waals surface area contributed by atoms with Gasteiger partial charge in [0.15, 0.2) is 5.82 Å². The second-order valence-electron chi connectivity index (χ2n) is 9.43. The van der Waals surface area contributed by atoms with Gasteiger partial charge >= 0.3 is 12.1 Å². The molecule has 2 atom stereocenters. The number of carboxylic acid groups (broad SMARTS) is 1. The number of halogens is 3. The predicted molar refractivity (Wildman–Crippen MR) is 123 cm³/mol. The van der Waals surface area contributed by atoms with Gasteiger partial charge in [-0.1, -0.05) is 13.8 Å². The molecule has 35 heavy (non-hydrogen) atoms. The lowest BCUT2D eigenvalue weighted by atomic mass is 9.63. The third-order valence-corrected chi connectivity index (χ3v) is 7.34. The van der Waals surface area contributed by atoms with Crippen molar-refractivity contribution < 1.29 is 28.2 Å². The number of nitrogens with zero attached hydrogens (tertiary/aromatic N) is 4. The van der Waals surface area contributed by atoms with Gasteiger partial charge in [0.2, 0.25) is 0 Å². The lowest BCUT2D eigenvalue weighted by molar-refractivity contribution is -0.154. The van der Waals surface area contributed by atoms with Gasteiger partial charge in [-0.25, -0.2) is 19.9 Å². The number of aryl methyl sites for hydroxylation is 1. The van der Waals surface area contributed by atoms with Crippen LogP contribution in [0.2, 0.25) is 0 Å². The molecule has 2 unspecified atom stereocenters. The first-order valence-electron chi connectivity index (χ1n) is 10.8. The molecule has 12 heteroatoms. The minimum Gasteiger partial charge on any atom is -0.481 e. The highest BCUT2D eigenvalue weighted by Gasteiger charge is 2.49. The molecule has 3 N–H and O–H groups in total. The van der Waals surface area contributed by atoms with Gasteiger partial charge in [0.1, 0.15) is 22.2 Å². The average Bonchev–Trinajstić information content (AvgIpc) is 3.23. The van der Waals surface area contributed by atoms with Crippen LogP contribution in [0.4, 0.5) is 24.8 Å². The predicted octanol–water partition coefficient (Wildman–Crippen LogP) is 5.16. The van der Waals surface area contributed by atoms with Crippen LogP contribution >= 0.6 is 11.3 Å². The number of carboxylic acids is 1. The van der Waals surface area contributed by atoms with Crippen molar-refractivity contribution in [2.24, 2.45) is 11.3 Å². The standard InChI is InChI=1S/C23H24F3N5O3S/c1-12-8-17(30-16-9-13(5-7-27-16)23(24,25)26)31-18(29-12)15-10-28-20(35-15)22(34)6-4-14(19(32)33)21(2,3)11-22/h5,7-10,14,34H,4,6,11H2,1-3H3,(H,32,33)(H,27,29,30,31). The van der Waals surface area contributed by atoms with Crippen LogP contribution in [0.5, 0.6) is 0 Å². The molecule has 3 aromatic heterocycles. The molecule has 186 valence electrons. The van der Waals surface area contributed by atoms with Gasteiger partial charge in [-0.2, -0.15) is 13.2 Å². The Hall–Kier alpha value is -3.12. The third kappa shape index (κ3) is 5.27. The summed E-state index contributed by atoms with van der Waals surface area (Å²) in [6, 6.07) is 3.36. The number of anilines is 2. The van der Waals surface area contributed by atoms with Crippen molar-refractivity contribution >= 4 is 28.9 Å². The summed E-state index contributed by atoms with van der Waals surface area (Å²) in [5.74, 6) is -0.886. The van der Waals surface area contributed by atoms with Crippen LogP contribution in [0.15, 0.2) is 30.6 Å². The number of alkyl halides is 3. The number of hydrogen-bond donors (Lipinski definition) is 3. The zero-order valence-electron chi connectivity index (χ0n) is 19.2. The van der Waals surface area contributed by atoms with Crippen molar-refractivity contribution in [3.05, 3.63) is 46.9 Å². The first-order valence-corrected chi connectivity index (χ1v) is 11.7. The van der Waals surface area contributed by atoms with Gasteiger partial charge in [0.05, 0.1) is 16.4 Å². The SMILES string of the molecule is Cc1cc(Nc2cc(C(F)(F)F)ccn2)nc(-c2cnc(C3(O)CCC(C(=O)O)C(C)(C)C3)s2)n1. The molecular formula is C23H24F3N5O3S. The molecule has 0 radical (unpaired) electrons. The Bertz CT molecular complexity index is 1260. The van der Waals surface area contributed by atoms with E-state index in [9.17, 15) is 28.2 Å². The van der Waals surface area contributed by atoms with E-state index in [1.54, 1.807) is 13.0 Å². The van der Waals surface area contributed by atoms with Crippen molar-refractivity contribution in [3.63, 3.8) is 0 Å². The smallest absolute Gasteiger partial charge is 0.416 e. The fourth-order valence-corrected chi connectivity index (χ4v) is 5.49. The molecule has 0 aromatic carbocycles. The maximum Gasteiger partial charge on any atom is 0.416 e. The monoisotopic (exact) mass is 507 g/mol. The molecule has 4 rings (SSSR count). The molecule has 1 fully saturated rings. The minimum atomic E-state index is -4.50. The summed E-state index contributed by atoms with van der Waals surface area (Å²) in [5, 5.41) is 24.1. The number of nitrogens with one attached hydrogen (secondary N) is 1. The summed E-state index contributed by atoms with van der Waals surface area (Å²) in [6.07, 6.45) is -1.06. The quantitative estimate of drug-likeness (QED) is 0.433. The Morgan fingerprint density at radius 1 is 1.20 bits per heavy atom. The van der Waals surface area contributed by atoms with Gasteiger partial charge in [0, 0.05) is 24.2 Å². The zero-order chi connectivity index (χ0) is 25.6. The Morgan fingerprint density at radius 2 is 1.94 bits per heavy atom. The second-order valence-corrected chi connectivity index (χ2v) is 10.5. The van der Waals surface area contributed by atoms with E-state index in [1.807, 2.05) is 13.8 Å². The van der Waals surface area contributed by atoms with Gasteiger partial charge in [-0.05, 0) is 43.7 Å². The summed E-state index contributed by atoms with van der Waals surface area (Å²) in [6.45, 7) is 5.38. The number of thiazole rings is 1. The molecule has 0 spiro atoms. The highest BCUT2D eigenvalue weighted by atomic mass is 32.1. The van der Waals surface area contributed by atoms with Crippen LogP contribution in [-0.4, -0.2) is 36.1 Å². The molecule has 8 nitrogen and oxygen atoms in total. The van der Waals surface area contributed by atoms with Gasteiger partial charge < -0.3 is 15.5 Å². The lowest BCUT2D eigenvalue weighted by Gasteiger charge is -2.44. The zero-order valence-corrected chi connectivity index (χ0v) is 20.0. The summed E-state index contributed by atoms with van der Waals surface area (Å²) < 4.78 is 39.0. The van der Waals surface area contributed by atoms with E-state index in [2.05, 4.69) is 25.3 Å². The van der Waals surface area contributed by atoms with Crippen molar-refractivity contribution in [3.8, 4) is 10.7 Å². The Balaban J connectivity index is 1.59.